The van der Waals surface area contributed by atoms with Crippen LogP contribution in [0.25, 0.3) is 0 Å². The second-order valence-electron chi connectivity index (χ2n) is 6.93. The lowest BCUT2D eigenvalue weighted by Gasteiger charge is -2.29. The van der Waals surface area contributed by atoms with Gasteiger partial charge in [0, 0.05) is 25.5 Å². The molecule has 2 N–H and O–H groups in total. The number of hydrogen-bond donors (Lipinski definition) is 2. The standard InChI is InChI=1S/C22H24N2O/c25-17-22(12-10-20-8-4-5-9-21(20)22)23-14-19-11-13-24(16-19)15-18-6-2-1-3-7-18/h1-9,11,13,16,23,25H,10,12,14-15,17H2. The average Bonchev–Trinajstić information content (AvgIpc) is 3.26. The van der Waals surface area contributed by atoms with Crippen molar-refractivity contribution in [2.45, 2.75) is 31.5 Å². The maximum Gasteiger partial charge on any atom is 0.0677 e. The molecule has 3 nitrogen and oxygen atoms in total. The van der Waals surface area contributed by atoms with Crippen LogP contribution in [0.4, 0.5) is 0 Å². The van der Waals surface area contributed by atoms with E-state index in [1.165, 1.54) is 22.3 Å². The summed E-state index contributed by atoms with van der Waals surface area (Å²) in [5, 5.41) is 13.7. The van der Waals surface area contributed by atoms with E-state index in [4.69, 9.17) is 0 Å². The van der Waals surface area contributed by atoms with E-state index in [9.17, 15) is 5.11 Å². The Balaban J connectivity index is 1.45. The van der Waals surface area contributed by atoms with E-state index in [1.54, 1.807) is 0 Å². The highest BCUT2D eigenvalue weighted by atomic mass is 16.3. The number of nitrogens with zero attached hydrogens (tertiary/aromatic N) is 1. The van der Waals surface area contributed by atoms with Crippen LogP contribution in [-0.4, -0.2) is 16.3 Å². The number of aryl methyl sites for hydroxylation is 1. The van der Waals surface area contributed by atoms with E-state index >= 15 is 0 Å². The van der Waals surface area contributed by atoms with Crippen LogP contribution in [0, 0.1) is 0 Å². The molecule has 0 saturated carbocycles. The van der Waals surface area contributed by atoms with Crippen molar-refractivity contribution in [3.05, 3.63) is 95.3 Å². The lowest BCUT2D eigenvalue weighted by atomic mass is 9.92. The molecule has 2 aromatic carbocycles. The predicted octanol–water partition coefficient (Wildman–Crippen LogP) is 3.46. The molecule has 0 spiro atoms. The summed E-state index contributed by atoms with van der Waals surface area (Å²) >= 11 is 0. The zero-order valence-electron chi connectivity index (χ0n) is 14.4. The minimum Gasteiger partial charge on any atom is -0.394 e. The second-order valence-corrected chi connectivity index (χ2v) is 6.93. The largest absolute Gasteiger partial charge is 0.394 e. The Labute approximate surface area is 148 Å². The number of aliphatic hydroxyl groups excluding tert-OH is 1. The minimum atomic E-state index is -0.307. The Bertz CT molecular complexity index is 840. The Hall–Kier alpha value is -2.36. The molecule has 0 saturated heterocycles. The molecule has 1 aromatic heterocycles. The number of nitrogens with one attached hydrogen (secondary N) is 1. The van der Waals surface area contributed by atoms with Gasteiger partial charge in [0.05, 0.1) is 12.1 Å². The molecule has 128 valence electrons. The van der Waals surface area contributed by atoms with Crippen LogP contribution >= 0.6 is 0 Å². The van der Waals surface area contributed by atoms with Gasteiger partial charge in [-0.3, -0.25) is 0 Å². The molecule has 0 bridgehead atoms. The Morgan fingerprint density at radius 2 is 1.76 bits per heavy atom. The van der Waals surface area contributed by atoms with Crippen molar-refractivity contribution in [2.24, 2.45) is 0 Å². The molecule has 25 heavy (non-hydrogen) atoms. The molecular formula is C22H24N2O. The normalized spacial score (nSPS) is 19.1. The van der Waals surface area contributed by atoms with Gasteiger partial charge >= 0.3 is 0 Å². The summed E-state index contributed by atoms with van der Waals surface area (Å²) in [5.41, 5.74) is 4.84. The van der Waals surface area contributed by atoms with Gasteiger partial charge in [-0.25, -0.2) is 0 Å². The molecular weight excluding hydrogens is 308 g/mol. The molecule has 1 aliphatic carbocycles. The topological polar surface area (TPSA) is 37.2 Å². The van der Waals surface area contributed by atoms with Gasteiger partial charge < -0.3 is 15.0 Å². The molecule has 1 aliphatic rings. The third kappa shape index (κ3) is 3.26. The number of aromatic nitrogens is 1. The van der Waals surface area contributed by atoms with Gasteiger partial charge in [0.25, 0.3) is 0 Å². The number of aliphatic hydroxyl groups is 1. The van der Waals surface area contributed by atoms with Crippen LogP contribution < -0.4 is 5.32 Å². The van der Waals surface area contributed by atoms with Crippen LogP contribution in [0.2, 0.25) is 0 Å². The van der Waals surface area contributed by atoms with Crippen molar-refractivity contribution in [3.63, 3.8) is 0 Å². The lowest BCUT2D eigenvalue weighted by Crippen LogP contribution is -2.43. The molecule has 4 rings (SSSR count). The van der Waals surface area contributed by atoms with Crippen LogP contribution in [0.3, 0.4) is 0 Å². The number of benzene rings is 2. The zero-order valence-corrected chi connectivity index (χ0v) is 14.4. The molecule has 3 aromatic rings. The van der Waals surface area contributed by atoms with E-state index < -0.39 is 0 Å². The van der Waals surface area contributed by atoms with E-state index in [0.29, 0.717) is 0 Å². The minimum absolute atomic E-state index is 0.134. The maximum atomic E-state index is 10.1. The molecule has 3 heteroatoms. The van der Waals surface area contributed by atoms with Crippen molar-refractivity contribution < 1.29 is 5.11 Å². The van der Waals surface area contributed by atoms with Gasteiger partial charge in [-0.05, 0) is 41.2 Å². The van der Waals surface area contributed by atoms with Crippen molar-refractivity contribution in [2.75, 3.05) is 6.61 Å². The second kappa shape index (κ2) is 6.87. The molecule has 1 heterocycles. The summed E-state index contributed by atoms with van der Waals surface area (Å²) in [6.07, 6.45) is 6.29. The van der Waals surface area contributed by atoms with Gasteiger partial charge in [-0.2, -0.15) is 0 Å². The van der Waals surface area contributed by atoms with Gasteiger partial charge in [0.15, 0.2) is 0 Å². The molecule has 0 fully saturated rings. The predicted molar refractivity (Wildman–Crippen MR) is 100 cm³/mol. The molecule has 0 aliphatic heterocycles. The SMILES string of the molecule is OCC1(NCc2ccn(Cc3ccccc3)c2)CCc2ccccc21. The average molecular weight is 332 g/mol. The van der Waals surface area contributed by atoms with Crippen LogP contribution in [-0.2, 0) is 25.0 Å². The van der Waals surface area contributed by atoms with Crippen molar-refractivity contribution in [3.8, 4) is 0 Å². The summed E-state index contributed by atoms with van der Waals surface area (Å²) in [5.74, 6) is 0. The number of fused-ring (bicyclic) bond motifs is 1. The Morgan fingerprint density at radius 1 is 0.960 bits per heavy atom. The summed E-state index contributed by atoms with van der Waals surface area (Å²) in [7, 11) is 0. The van der Waals surface area contributed by atoms with Crippen LogP contribution in [0.15, 0.2) is 73.1 Å². The first kappa shape index (κ1) is 16.1. The molecule has 1 unspecified atom stereocenters. The van der Waals surface area contributed by atoms with E-state index in [-0.39, 0.29) is 12.1 Å². The Morgan fingerprint density at radius 3 is 2.60 bits per heavy atom. The summed E-state index contributed by atoms with van der Waals surface area (Å²) in [6.45, 7) is 1.78. The van der Waals surface area contributed by atoms with E-state index in [1.807, 2.05) is 6.07 Å². The summed E-state index contributed by atoms with van der Waals surface area (Å²) in [6, 6.07) is 21.1. The fraction of sp³-hybridized carbons (Fsp3) is 0.273. The quantitative estimate of drug-likeness (QED) is 0.725. The van der Waals surface area contributed by atoms with Crippen molar-refractivity contribution in [1.29, 1.82) is 0 Å². The summed E-state index contributed by atoms with van der Waals surface area (Å²) < 4.78 is 2.21. The van der Waals surface area contributed by atoms with E-state index in [2.05, 4.69) is 76.9 Å². The van der Waals surface area contributed by atoms with Crippen molar-refractivity contribution >= 4 is 0 Å². The monoisotopic (exact) mass is 332 g/mol. The zero-order chi connectivity index (χ0) is 17.1. The van der Waals surface area contributed by atoms with Crippen molar-refractivity contribution in [1.82, 2.24) is 9.88 Å². The highest BCUT2D eigenvalue weighted by Gasteiger charge is 2.37. The van der Waals surface area contributed by atoms with Gasteiger partial charge in [-0.1, -0.05) is 54.6 Å². The van der Waals surface area contributed by atoms with Gasteiger partial charge in [0.2, 0.25) is 0 Å². The number of hydrogen-bond acceptors (Lipinski definition) is 2. The Kier molecular flexibility index (Phi) is 4.43. The van der Waals surface area contributed by atoms with Crippen LogP contribution in [0.1, 0.15) is 28.7 Å². The van der Waals surface area contributed by atoms with Gasteiger partial charge in [-0.15, -0.1) is 0 Å². The lowest BCUT2D eigenvalue weighted by molar-refractivity contribution is 0.159. The maximum absolute atomic E-state index is 10.1. The molecule has 1 atom stereocenters. The highest BCUT2D eigenvalue weighted by Crippen LogP contribution is 2.36. The first-order valence-corrected chi connectivity index (χ1v) is 8.92. The fourth-order valence-corrected chi connectivity index (χ4v) is 3.85. The fourth-order valence-electron chi connectivity index (χ4n) is 3.85. The summed E-state index contributed by atoms with van der Waals surface area (Å²) in [4.78, 5) is 0. The van der Waals surface area contributed by atoms with Gasteiger partial charge in [0.1, 0.15) is 0 Å². The third-order valence-electron chi connectivity index (χ3n) is 5.27. The third-order valence-corrected chi connectivity index (χ3v) is 5.27. The first-order chi connectivity index (χ1) is 12.3. The molecule has 0 radical (unpaired) electrons. The first-order valence-electron chi connectivity index (χ1n) is 8.92. The smallest absolute Gasteiger partial charge is 0.0677 e. The van der Waals surface area contributed by atoms with Crippen LogP contribution in [0.5, 0.6) is 0 Å². The highest BCUT2D eigenvalue weighted by molar-refractivity contribution is 5.39. The molecule has 0 amide bonds. The number of rotatable bonds is 6. The van der Waals surface area contributed by atoms with E-state index in [0.717, 1.165) is 25.9 Å².